The van der Waals surface area contributed by atoms with Crippen LogP contribution < -0.4 is 10.1 Å². The lowest BCUT2D eigenvalue weighted by molar-refractivity contribution is -0.121. The van der Waals surface area contributed by atoms with Crippen LogP contribution in [0, 0.1) is 6.92 Å². The number of sulfonamides is 1. The fourth-order valence-electron chi connectivity index (χ4n) is 2.04. The van der Waals surface area contributed by atoms with Gasteiger partial charge >= 0.3 is 0 Å². The highest BCUT2D eigenvalue weighted by Gasteiger charge is 2.25. The third kappa shape index (κ3) is 5.19. The highest BCUT2D eigenvalue weighted by Crippen LogP contribution is 2.23. The van der Waals surface area contributed by atoms with Crippen LogP contribution in [0.25, 0.3) is 0 Å². The standard InChI is InChI=1S/C15H24N2O5S/c1-5-17(11-15(18)16-8-9-21-3)23(19,20)13-6-7-14(22-4)12(2)10-13/h6-7,10H,5,8-9,11H2,1-4H3,(H,16,18). The van der Waals surface area contributed by atoms with E-state index in [1.807, 2.05) is 0 Å². The van der Waals surface area contributed by atoms with Crippen molar-refractivity contribution in [2.24, 2.45) is 0 Å². The summed E-state index contributed by atoms with van der Waals surface area (Å²) in [4.78, 5) is 12.0. The molecule has 7 nitrogen and oxygen atoms in total. The number of amides is 1. The molecule has 0 fully saturated rings. The Balaban J connectivity index is 2.90. The van der Waals surface area contributed by atoms with Crippen molar-refractivity contribution in [3.63, 3.8) is 0 Å². The lowest BCUT2D eigenvalue weighted by Crippen LogP contribution is -2.41. The van der Waals surface area contributed by atoms with Crippen molar-refractivity contribution >= 4 is 15.9 Å². The Morgan fingerprint density at radius 2 is 2.00 bits per heavy atom. The van der Waals surface area contributed by atoms with Crippen LogP contribution in [0.2, 0.25) is 0 Å². The number of carbonyl (C=O) groups excluding carboxylic acids is 1. The van der Waals surface area contributed by atoms with E-state index < -0.39 is 10.0 Å². The molecular formula is C15H24N2O5S. The third-order valence-corrected chi connectivity index (χ3v) is 5.22. The Kier molecular flexibility index (Phi) is 7.47. The van der Waals surface area contributed by atoms with Gasteiger partial charge in [0.25, 0.3) is 0 Å². The van der Waals surface area contributed by atoms with Gasteiger partial charge in [-0.15, -0.1) is 0 Å². The summed E-state index contributed by atoms with van der Waals surface area (Å²) in [5, 5.41) is 2.61. The number of hydrogen-bond donors (Lipinski definition) is 1. The average Bonchev–Trinajstić information content (AvgIpc) is 2.52. The molecule has 0 aliphatic carbocycles. The summed E-state index contributed by atoms with van der Waals surface area (Å²) in [6.07, 6.45) is 0. The maximum absolute atomic E-state index is 12.7. The van der Waals surface area contributed by atoms with E-state index in [9.17, 15) is 13.2 Å². The van der Waals surface area contributed by atoms with Gasteiger partial charge in [-0.3, -0.25) is 4.79 Å². The zero-order valence-electron chi connectivity index (χ0n) is 14.0. The van der Waals surface area contributed by atoms with Crippen molar-refractivity contribution in [1.29, 1.82) is 0 Å². The number of carbonyl (C=O) groups is 1. The monoisotopic (exact) mass is 344 g/mol. The number of nitrogens with zero attached hydrogens (tertiary/aromatic N) is 1. The molecule has 0 saturated heterocycles. The van der Waals surface area contributed by atoms with Gasteiger partial charge in [-0.2, -0.15) is 4.31 Å². The number of aryl methyl sites for hydroxylation is 1. The first-order chi connectivity index (χ1) is 10.9. The summed E-state index contributed by atoms with van der Waals surface area (Å²) in [5.41, 5.74) is 0.717. The molecule has 0 spiro atoms. The number of rotatable bonds is 9. The van der Waals surface area contributed by atoms with Crippen molar-refractivity contribution in [3.05, 3.63) is 23.8 Å². The van der Waals surface area contributed by atoms with Gasteiger partial charge < -0.3 is 14.8 Å². The summed E-state index contributed by atoms with van der Waals surface area (Å²) < 4.78 is 36.4. The molecule has 1 aromatic carbocycles. The van der Waals surface area contributed by atoms with Crippen LogP contribution in [-0.2, 0) is 19.6 Å². The van der Waals surface area contributed by atoms with E-state index in [0.717, 1.165) is 4.31 Å². The second-order valence-corrected chi connectivity index (χ2v) is 6.84. The fraction of sp³-hybridized carbons (Fsp3) is 0.533. The van der Waals surface area contributed by atoms with Crippen LogP contribution in [-0.4, -0.2) is 59.1 Å². The molecule has 0 heterocycles. The molecule has 1 N–H and O–H groups in total. The van der Waals surface area contributed by atoms with Crippen molar-refractivity contribution in [2.45, 2.75) is 18.7 Å². The Hall–Kier alpha value is -1.64. The van der Waals surface area contributed by atoms with E-state index in [1.54, 1.807) is 26.0 Å². The van der Waals surface area contributed by atoms with Crippen LogP contribution in [0.3, 0.4) is 0 Å². The Bertz CT molecular complexity index is 631. The second kappa shape index (κ2) is 8.85. The molecule has 0 unspecified atom stereocenters. The van der Waals surface area contributed by atoms with Crippen molar-refractivity contribution < 1.29 is 22.7 Å². The molecule has 0 radical (unpaired) electrons. The fourth-order valence-corrected chi connectivity index (χ4v) is 3.53. The quantitative estimate of drug-likeness (QED) is 0.669. The zero-order chi connectivity index (χ0) is 17.5. The molecule has 1 amide bonds. The molecule has 0 aliphatic rings. The van der Waals surface area contributed by atoms with Crippen LogP contribution in [0.1, 0.15) is 12.5 Å². The minimum absolute atomic E-state index is 0.141. The first kappa shape index (κ1) is 19.4. The van der Waals surface area contributed by atoms with E-state index in [4.69, 9.17) is 9.47 Å². The smallest absolute Gasteiger partial charge is 0.243 e. The average molecular weight is 344 g/mol. The first-order valence-corrected chi connectivity index (χ1v) is 8.71. The SMILES string of the molecule is CCN(CC(=O)NCCOC)S(=O)(=O)c1ccc(OC)c(C)c1. The topological polar surface area (TPSA) is 84.9 Å². The normalized spacial score (nSPS) is 11.5. The van der Waals surface area contributed by atoms with Gasteiger partial charge in [0.05, 0.1) is 25.2 Å². The maximum Gasteiger partial charge on any atom is 0.243 e. The summed E-state index contributed by atoms with van der Waals surface area (Å²) in [6.45, 7) is 4.15. The Morgan fingerprint density at radius 3 is 2.52 bits per heavy atom. The summed E-state index contributed by atoms with van der Waals surface area (Å²) in [5.74, 6) is 0.252. The van der Waals surface area contributed by atoms with E-state index >= 15 is 0 Å². The Labute approximate surface area is 137 Å². The third-order valence-electron chi connectivity index (χ3n) is 3.31. The maximum atomic E-state index is 12.7. The van der Waals surface area contributed by atoms with Crippen molar-refractivity contribution in [2.75, 3.05) is 40.5 Å². The molecule has 23 heavy (non-hydrogen) atoms. The molecule has 0 aliphatic heterocycles. The molecule has 0 saturated carbocycles. The van der Waals surface area contributed by atoms with Crippen molar-refractivity contribution in [3.8, 4) is 5.75 Å². The predicted molar refractivity (Wildman–Crippen MR) is 87.0 cm³/mol. The lowest BCUT2D eigenvalue weighted by Gasteiger charge is -2.20. The van der Waals surface area contributed by atoms with E-state index in [-0.39, 0.29) is 23.9 Å². The van der Waals surface area contributed by atoms with E-state index in [0.29, 0.717) is 24.5 Å². The number of likely N-dealkylation sites (N-methyl/N-ethyl adjacent to an activating group) is 1. The van der Waals surface area contributed by atoms with Gasteiger partial charge in [-0.25, -0.2) is 8.42 Å². The predicted octanol–water partition coefficient (Wildman–Crippen LogP) is 0.777. The minimum atomic E-state index is -3.74. The van der Waals surface area contributed by atoms with Crippen LogP contribution in [0.15, 0.2) is 23.1 Å². The van der Waals surface area contributed by atoms with Crippen LogP contribution in [0.4, 0.5) is 0 Å². The van der Waals surface area contributed by atoms with Gasteiger partial charge in [0.2, 0.25) is 15.9 Å². The zero-order valence-corrected chi connectivity index (χ0v) is 14.8. The molecule has 0 aromatic heterocycles. The summed E-state index contributed by atoms with van der Waals surface area (Å²) in [7, 11) is -0.683. The second-order valence-electron chi connectivity index (χ2n) is 4.91. The van der Waals surface area contributed by atoms with Gasteiger partial charge in [-0.1, -0.05) is 6.92 Å². The molecule has 130 valence electrons. The number of ether oxygens (including phenoxy) is 2. The minimum Gasteiger partial charge on any atom is -0.496 e. The van der Waals surface area contributed by atoms with Gasteiger partial charge in [0.15, 0.2) is 0 Å². The molecule has 1 aromatic rings. The molecule has 0 atom stereocenters. The highest BCUT2D eigenvalue weighted by molar-refractivity contribution is 7.89. The van der Waals surface area contributed by atoms with Gasteiger partial charge in [0.1, 0.15) is 5.75 Å². The molecular weight excluding hydrogens is 320 g/mol. The number of nitrogens with one attached hydrogen (secondary N) is 1. The highest BCUT2D eigenvalue weighted by atomic mass is 32.2. The largest absolute Gasteiger partial charge is 0.496 e. The molecule has 0 bridgehead atoms. The summed E-state index contributed by atoms with van der Waals surface area (Å²) in [6, 6.07) is 4.63. The van der Waals surface area contributed by atoms with Crippen LogP contribution in [0.5, 0.6) is 5.75 Å². The number of methoxy groups -OCH3 is 2. The molecule has 1 rings (SSSR count). The molecule has 8 heteroatoms. The summed E-state index contributed by atoms with van der Waals surface area (Å²) >= 11 is 0. The Morgan fingerprint density at radius 1 is 1.30 bits per heavy atom. The first-order valence-electron chi connectivity index (χ1n) is 7.27. The van der Waals surface area contributed by atoms with Gasteiger partial charge in [-0.05, 0) is 30.7 Å². The van der Waals surface area contributed by atoms with Gasteiger partial charge in [0, 0.05) is 20.2 Å². The lowest BCUT2D eigenvalue weighted by atomic mass is 10.2. The van der Waals surface area contributed by atoms with E-state index in [1.165, 1.54) is 20.3 Å². The van der Waals surface area contributed by atoms with Crippen molar-refractivity contribution in [1.82, 2.24) is 9.62 Å². The van der Waals surface area contributed by atoms with Crippen LogP contribution >= 0.6 is 0 Å². The number of benzene rings is 1. The number of hydrogen-bond acceptors (Lipinski definition) is 5. The van der Waals surface area contributed by atoms with E-state index in [2.05, 4.69) is 5.32 Å².